The van der Waals surface area contributed by atoms with Crippen molar-refractivity contribution < 1.29 is 0 Å². The lowest BCUT2D eigenvalue weighted by atomic mass is 9.70. The molecule has 0 saturated heterocycles. The van der Waals surface area contributed by atoms with Crippen LogP contribution in [0.3, 0.4) is 0 Å². The third-order valence-electron chi connectivity index (χ3n) is 4.71. The van der Waals surface area contributed by atoms with Crippen LogP contribution in [-0.2, 0) is 6.54 Å². The van der Waals surface area contributed by atoms with Gasteiger partial charge in [-0.3, -0.25) is 0 Å². The second kappa shape index (κ2) is 6.17. The molecular formula is C18H30N2. The Balaban J connectivity index is 1.86. The number of benzene rings is 1. The molecule has 2 unspecified atom stereocenters. The Morgan fingerprint density at radius 2 is 1.85 bits per heavy atom. The van der Waals surface area contributed by atoms with Gasteiger partial charge in [0.25, 0.3) is 0 Å². The standard InChI is InChI=1S/C18H30N2/c1-14-12-18(2,3)11-10-17(14)19-13-15-6-8-16(9-7-15)20(4)5/h6-9,14,17,19H,10-13H2,1-5H3. The van der Waals surface area contributed by atoms with Crippen LogP contribution < -0.4 is 10.2 Å². The largest absolute Gasteiger partial charge is 0.378 e. The first-order chi connectivity index (χ1) is 9.37. The lowest BCUT2D eigenvalue weighted by molar-refractivity contribution is 0.148. The van der Waals surface area contributed by atoms with E-state index in [4.69, 9.17) is 0 Å². The lowest BCUT2D eigenvalue weighted by Gasteiger charge is -2.39. The second-order valence-corrected chi connectivity index (χ2v) is 7.43. The molecule has 0 aromatic heterocycles. The summed E-state index contributed by atoms with van der Waals surface area (Å²) >= 11 is 0. The van der Waals surface area contributed by atoms with Gasteiger partial charge < -0.3 is 10.2 Å². The van der Waals surface area contributed by atoms with Gasteiger partial charge >= 0.3 is 0 Å². The fourth-order valence-electron chi connectivity index (χ4n) is 3.41. The summed E-state index contributed by atoms with van der Waals surface area (Å²) in [5.74, 6) is 0.778. The van der Waals surface area contributed by atoms with Crippen molar-refractivity contribution in [3.05, 3.63) is 29.8 Å². The molecule has 2 rings (SSSR count). The molecule has 0 radical (unpaired) electrons. The molecule has 0 heterocycles. The van der Waals surface area contributed by atoms with Crippen molar-refractivity contribution in [3.63, 3.8) is 0 Å². The molecule has 1 N–H and O–H groups in total. The van der Waals surface area contributed by atoms with Gasteiger partial charge in [-0.2, -0.15) is 0 Å². The molecule has 2 atom stereocenters. The first-order valence-corrected chi connectivity index (χ1v) is 7.87. The first kappa shape index (κ1) is 15.4. The summed E-state index contributed by atoms with van der Waals surface area (Å²) < 4.78 is 0. The molecule has 2 heteroatoms. The Kier molecular flexibility index (Phi) is 4.74. The molecule has 1 fully saturated rings. The minimum absolute atomic E-state index is 0.533. The molecule has 0 amide bonds. The monoisotopic (exact) mass is 274 g/mol. The van der Waals surface area contributed by atoms with Crippen LogP contribution in [0.2, 0.25) is 0 Å². The normalized spacial score (nSPS) is 25.4. The Morgan fingerprint density at radius 3 is 2.40 bits per heavy atom. The lowest BCUT2D eigenvalue weighted by Crippen LogP contribution is -2.41. The smallest absolute Gasteiger partial charge is 0.0361 e. The van der Waals surface area contributed by atoms with E-state index in [0.717, 1.165) is 12.5 Å². The molecule has 1 aromatic rings. The maximum Gasteiger partial charge on any atom is 0.0361 e. The number of nitrogens with zero attached hydrogens (tertiary/aromatic N) is 1. The van der Waals surface area contributed by atoms with Gasteiger partial charge in [0.15, 0.2) is 0 Å². The van der Waals surface area contributed by atoms with Gasteiger partial charge in [-0.05, 0) is 48.3 Å². The molecular weight excluding hydrogens is 244 g/mol. The average molecular weight is 274 g/mol. The van der Waals surface area contributed by atoms with Crippen molar-refractivity contribution in [1.82, 2.24) is 5.32 Å². The molecule has 1 aliphatic carbocycles. The molecule has 1 saturated carbocycles. The zero-order valence-electron chi connectivity index (χ0n) is 13.7. The van der Waals surface area contributed by atoms with E-state index in [1.165, 1.54) is 30.5 Å². The van der Waals surface area contributed by atoms with Crippen LogP contribution in [0.4, 0.5) is 5.69 Å². The first-order valence-electron chi connectivity index (χ1n) is 7.87. The van der Waals surface area contributed by atoms with E-state index in [2.05, 4.69) is 69.3 Å². The number of anilines is 1. The summed E-state index contributed by atoms with van der Waals surface area (Å²) in [4.78, 5) is 2.14. The van der Waals surface area contributed by atoms with Gasteiger partial charge in [0.1, 0.15) is 0 Å². The van der Waals surface area contributed by atoms with Gasteiger partial charge in [0.2, 0.25) is 0 Å². The van der Waals surface area contributed by atoms with E-state index >= 15 is 0 Å². The summed E-state index contributed by atoms with van der Waals surface area (Å²) in [6.45, 7) is 8.19. The number of rotatable bonds is 4. The fraction of sp³-hybridized carbons (Fsp3) is 0.667. The molecule has 1 aliphatic rings. The minimum Gasteiger partial charge on any atom is -0.378 e. The third kappa shape index (κ3) is 3.99. The highest BCUT2D eigenvalue weighted by atomic mass is 15.1. The van der Waals surface area contributed by atoms with Crippen molar-refractivity contribution in [2.45, 2.75) is 52.6 Å². The van der Waals surface area contributed by atoms with Gasteiger partial charge in [0, 0.05) is 32.4 Å². The van der Waals surface area contributed by atoms with E-state index in [0.29, 0.717) is 11.5 Å². The zero-order chi connectivity index (χ0) is 14.8. The molecule has 0 bridgehead atoms. The second-order valence-electron chi connectivity index (χ2n) is 7.43. The average Bonchev–Trinajstić information content (AvgIpc) is 2.37. The van der Waals surface area contributed by atoms with Crippen LogP contribution >= 0.6 is 0 Å². The maximum atomic E-state index is 3.76. The quantitative estimate of drug-likeness (QED) is 0.891. The van der Waals surface area contributed by atoms with Gasteiger partial charge in [-0.15, -0.1) is 0 Å². The number of hydrogen-bond donors (Lipinski definition) is 1. The van der Waals surface area contributed by atoms with Crippen molar-refractivity contribution in [2.24, 2.45) is 11.3 Å². The highest BCUT2D eigenvalue weighted by Crippen LogP contribution is 2.38. The van der Waals surface area contributed by atoms with Crippen LogP contribution in [-0.4, -0.2) is 20.1 Å². The molecule has 1 aromatic carbocycles. The van der Waals surface area contributed by atoms with Crippen LogP contribution in [0.15, 0.2) is 24.3 Å². The van der Waals surface area contributed by atoms with Gasteiger partial charge in [-0.1, -0.05) is 32.9 Å². The number of nitrogens with one attached hydrogen (secondary N) is 1. The summed E-state index contributed by atoms with van der Waals surface area (Å²) in [5.41, 5.74) is 3.18. The predicted molar refractivity (Wildman–Crippen MR) is 88.2 cm³/mol. The Hall–Kier alpha value is -1.02. The Morgan fingerprint density at radius 1 is 1.20 bits per heavy atom. The maximum absolute atomic E-state index is 3.76. The van der Waals surface area contributed by atoms with Crippen LogP contribution in [0.5, 0.6) is 0 Å². The van der Waals surface area contributed by atoms with E-state index in [9.17, 15) is 0 Å². The summed E-state index contributed by atoms with van der Waals surface area (Å²) in [6, 6.07) is 9.55. The topological polar surface area (TPSA) is 15.3 Å². The summed E-state index contributed by atoms with van der Waals surface area (Å²) in [5, 5.41) is 3.76. The van der Waals surface area contributed by atoms with Crippen LogP contribution in [0.1, 0.15) is 45.6 Å². The van der Waals surface area contributed by atoms with Crippen molar-refractivity contribution in [3.8, 4) is 0 Å². The summed E-state index contributed by atoms with van der Waals surface area (Å²) in [7, 11) is 4.16. The van der Waals surface area contributed by atoms with Crippen molar-refractivity contribution in [1.29, 1.82) is 0 Å². The molecule has 0 aliphatic heterocycles. The van der Waals surface area contributed by atoms with E-state index in [1.807, 2.05) is 0 Å². The molecule has 112 valence electrons. The number of hydrogen-bond acceptors (Lipinski definition) is 2. The highest BCUT2D eigenvalue weighted by molar-refractivity contribution is 5.45. The molecule has 0 spiro atoms. The van der Waals surface area contributed by atoms with Crippen molar-refractivity contribution >= 4 is 5.69 Å². The molecule has 20 heavy (non-hydrogen) atoms. The Bertz CT molecular complexity index is 420. The predicted octanol–water partition coefficient (Wildman–Crippen LogP) is 4.06. The third-order valence-corrected chi connectivity index (χ3v) is 4.71. The van der Waals surface area contributed by atoms with Gasteiger partial charge in [-0.25, -0.2) is 0 Å². The van der Waals surface area contributed by atoms with Gasteiger partial charge in [0.05, 0.1) is 0 Å². The van der Waals surface area contributed by atoms with Crippen LogP contribution in [0, 0.1) is 11.3 Å². The molecule has 2 nitrogen and oxygen atoms in total. The minimum atomic E-state index is 0.533. The highest BCUT2D eigenvalue weighted by Gasteiger charge is 2.31. The summed E-state index contributed by atoms with van der Waals surface area (Å²) in [6.07, 6.45) is 3.99. The van der Waals surface area contributed by atoms with Crippen molar-refractivity contribution in [2.75, 3.05) is 19.0 Å². The van der Waals surface area contributed by atoms with E-state index in [-0.39, 0.29) is 0 Å². The van der Waals surface area contributed by atoms with E-state index < -0.39 is 0 Å². The Labute approximate surface area is 124 Å². The fourth-order valence-corrected chi connectivity index (χ4v) is 3.41. The van der Waals surface area contributed by atoms with E-state index in [1.54, 1.807) is 0 Å². The zero-order valence-corrected chi connectivity index (χ0v) is 13.7. The SMILES string of the molecule is CC1CC(C)(C)CCC1NCc1ccc(N(C)C)cc1. The van der Waals surface area contributed by atoms with Crippen LogP contribution in [0.25, 0.3) is 0 Å².